The van der Waals surface area contributed by atoms with E-state index >= 15 is 0 Å². The first kappa shape index (κ1) is 20.7. The standard InChI is InChI=1S/C26H26N2O3/c1-3-31-22-15-13-21(14-16-22)28-24(29)23-12-8-7-11-20(23)17-26(28,2)25(30)27-18-19-9-5-4-6-10-19/h4-16H,3,17-18H2,1-2H3,(H,27,30)/t26-/m1/s1. The van der Waals surface area contributed by atoms with E-state index in [1.807, 2.05) is 92.7 Å². The van der Waals surface area contributed by atoms with Gasteiger partial charge in [-0.15, -0.1) is 0 Å². The molecule has 0 unspecified atom stereocenters. The zero-order valence-electron chi connectivity index (χ0n) is 17.8. The molecule has 0 radical (unpaired) electrons. The molecule has 5 heteroatoms. The van der Waals surface area contributed by atoms with Gasteiger partial charge < -0.3 is 10.1 Å². The van der Waals surface area contributed by atoms with Crippen molar-refractivity contribution in [1.29, 1.82) is 0 Å². The Morgan fingerprint density at radius 1 is 1.00 bits per heavy atom. The fourth-order valence-electron chi connectivity index (χ4n) is 4.09. The number of hydrogen-bond donors (Lipinski definition) is 1. The Kier molecular flexibility index (Phi) is 5.76. The van der Waals surface area contributed by atoms with Gasteiger partial charge >= 0.3 is 0 Å². The van der Waals surface area contributed by atoms with Crippen LogP contribution in [0.15, 0.2) is 78.9 Å². The van der Waals surface area contributed by atoms with Gasteiger partial charge in [-0.1, -0.05) is 48.5 Å². The van der Waals surface area contributed by atoms with Gasteiger partial charge in [-0.05, 0) is 55.3 Å². The number of nitrogens with one attached hydrogen (secondary N) is 1. The normalized spacial score (nSPS) is 17.7. The number of carbonyl (C=O) groups excluding carboxylic acids is 2. The van der Waals surface area contributed by atoms with Crippen molar-refractivity contribution in [2.24, 2.45) is 0 Å². The molecular weight excluding hydrogens is 388 g/mol. The summed E-state index contributed by atoms with van der Waals surface area (Å²) in [5, 5.41) is 3.03. The number of fused-ring (bicyclic) bond motifs is 1. The highest BCUT2D eigenvalue weighted by Gasteiger charge is 2.47. The number of nitrogens with zero attached hydrogens (tertiary/aromatic N) is 1. The van der Waals surface area contributed by atoms with Gasteiger partial charge in [0.1, 0.15) is 11.3 Å². The van der Waals surface area contributed by atoms with Crippen LogP contribution in [0.3, 0.4) is 0 Å². The molecule has 3 aromatic rings. The van der Waals surface area contributed by atoms with Crippen molar-refractivity contribution < 1.29 is 14.3 Å². The molecule has 2 amide bonds. The Balaban J connectivity index is 1.69. The van der Waals surface area contributed by atoms with E-state index in [-0.39, 0.29) is 11.8 Å². The van der Waals surface area contributed by atoms with E-state index in [0.29, 0.717) is 30.8 Å². The third-order valence-electron chi connectivity index (χ3n) is 5.67. The number of anilines is 1. The van der Waals surface area contributed by atoms with Crippen LogP contribution in [-0.4, -0.2) is 24.0 Å². The minimum absolute atomic E-state index is 0.177. The molecule has 0 saturated carbocycles. The zero-order chi connectivity index (χ0) is 21.8. The quantitative estimate of drug-likeness (QED) is 0.652. The van der Waals surface area contributed by atoms with Gasteiger partial charge in [0.15, 0.2) is 0 Å². The molecule has 0 fully saturated rings. The molecule has 0 spiro atoms. The summed E-state index contributed by atoms with van der Waals surface area (Å²) in [5.41, 5.74) is 2.12. The highest BCUT2D eigenvalue weighted by Crippen LogP contribution is 2.36. The fourth-order valence-corrected chi connectivity index (χ4v) is 4.09. The summed E-state index contributed by atoms with van der Waals surface area (Å²) in [7, 11) is 0. The zero-order valence-corrected chi connectivity index (χ0v) is 17.8. The average molecular weight is 415 g/mol. The Morgan fingerprint density at radius 2 is 1.68 bits per heavy atom. The lowest BCUT2D eigenvalue weighted by Gasteiger charge is -2.44. The van der Waals surface area contributed by atoms with Gasteiger partial charge in [0.2, 0.25) is 5.91 Å². The van der Waals surface area contributed by atoms with Crippen LogP contribution in [-0.2, 0) is 17.8 Å². The van der Waals surface area contributed by atoms with Crippen LogP contribution >= 0.6 is 0 Å². The van der Waals surface area contributed by atoms with Crippen molar-refractivity contribution in [3.63, 3.8) is 0 Å². The highest BCUT2D eigenvalue weighted by atomic mass is 16.5. The first-order chi connectivity index (χ1) is 15.0. The van der Waals surface area contributed by atoms with Crippen molar-refractivity contribution in [2.45, 2.75) is 32.4 Å². The largest absolute Gasteiger partial charge is 0.494 e. The molecule has 1 atom stereocenters. The third kappa shape index (κ3) is 4.04. The molecule has 0 aliphatic carbocycles. The Labute approximate surface area is 182 Å². The van der Waals surface area contributed by atoms with Gasteiger partial charge in [-0.25, -0.2) is 0 Å². The van der Waals surface area contributed by atoms with E-state index in [4.69, 9.17) is 4.74 Å². The van der Waals surface area contributed by atoms with Crippen molar-refractivity contribution in [3.8, 4) is 5.75 Å². The van der Waals surface area contributed by atoms with E-state index in [9.17, 15) is 9.59 Å². The summed E-state index contributed by atoms with van der Waals surface area (Å²) >= 11 is 0. The molecule has 1 N–H and O–H groups in total. The van der Waals surface area contributed by atoms with E-state index in [1.165, 1.54) is 0 Å². The maximum Gasteiger partial charge on any atom is 0.259 e. The maximum atomic E-state index is 13.5. The summed E-state index contributed by atoms with van der Waals surface area (Å²) < 4.78 is 5.54. The predicted octanol–water partition coefficient (Wildman–Crippen LogP) is 4.36. The number of ether oxygens (including phenoxy) is 1. The number of carbonyl (C=O) groups is 2. The van der Waals surface area contributed by atoms with Crippen molar-refractivity contribution in [3.05, 3.63) is 95.6 Å². The maximum absolute atomic E-state index is 13.5. The molecular formula is C26H26N2O3. The van der Waals surface area contributed by atoms with Crippen LogP contribution < -0.4 is 15.0 Å². The smallest absolute Gasteiger partial charge is 0.259 e. The van der Waals surface area contributed by atoms with Crippen LogP contribution in [0, 0.1) is 0 Å². The lowest BCUT2D eigenvalue weighted by molar-refractivity contribution is -0.126. The topological polar surface area (TPSA) is 58.6 Å². The molecule has 0 saturated heterocycles. The van der Waals surface area contributed by atoms with E-state index in [2.05, 4.69) is 5.32 Å². The van der Waals surface area contributed by atoms with Crippen LogP contribution in [0.1, 0.15) is 35.3 Å². The van der Waals surface area contributed by atoms with Crippen molar-refractivity contribution in [2.75, 3.05) is 11.5 Å². The minimum Gasteiger partial charge on any atom is -0.494 e. The number of amides is 2. The van der Waals surface area contributed by atoms with E-state index < -0.39 is 5.54 Å². The summed E-state index contributed by atoms with van der Waals surface area (Å²) in [4.78, 5) is 28.6. The molecule has 0 aromatic heterocycles. The Hall–Kier alpha value is -3.60. The third-order valence-corrected chi connectivity index (χ3v) is 5.67. The molecule has 31 heavy (non-hydrogen) atoms. The SMILES string of the molecule is CCOc1ccc(N2C(=O)c3ccccc3C[C@]2(C)C(=O)NCc2ccccc2)cc1. The van der Waals surface area contributed by atoms with Gasteiger partial charge in [0, 0.05) is 24.2 Å². The Bertz CT molecular complexity index is 1080. The molecule has 4 rings (SSSR count). The van der Waals surface area contributed by atoms with Crippen molar-refractivity contribution >= 4 is 17.5 Å². The molecule has 5 nitrogen and oxygen atoms in total. The predicted molar refractivity (Wildman–Crippen MR) is 121 cm³/mol. The number of rotatable bonds is 6. The van der Waals surface area contributed by atoms with Gasteiger partial charge in [0.05, 0.1) is 6.61 Å². The average Bonchev–Trinajstić information content (AvgIpc) is 2.79. The lowest BCUT2D eigenvalue weighted by atomic mass is 9.82. The highest BCUT2D eigenvalue weighted by molar-refractivity contribution is 6.14. The van der Waals surface area contributed by atoms with Crippen LogP contribution in [0.25, 0.3) is 0 Å². The summed E-state index contributed by atoms with van der Waals surface area (Å²) in [6.45, 7) is 4.72. The van der Waals surface area contributed by atoms with Gasteiger partial charge in [-0.2, -0.15) is 0 Å². The fraction of sp³-hybridized carbons (Fsp3) is 0.231. The van der Waals surface area contributed by atoms with E-state index in [0.717, 1.165) is 16.9 Å². The molecule has 1 aliphatic heterocycles. The summed E-state index contributed by atoms with van der Waals surface area (Å²) in [6.07, 6.45) is 0.433. The molecule has 3 aromatic carbocycles. The number of benzene rings is 3. The summed E-state index contributed by atoms with van der Waals surface area (Å²) in [6, 6.07) is 24.6. The second-order valence-electron chi connectivity index (χ2n) is 7.84. The first-order valence-electron chi connectivity index (χ1n) is 10.5. The Morgan fingerprint density at radius 3 is 2.39 bits per heavy atom. The molecule has 1 aliphatic rings. The second kappa shape index (κ2) is 8.64. The summed E-state index contributed by atoms with van der Waals surface area (Å²) in [5.74, 6) is 0.364. The van der Waals surface area contributed by atoms with Gasteiger partial charge in [0.25, 0.3) is 5.91 Å². The minimum atomic E-state index is -1.06. The second-order valence-corrected chi connectivity index (χ2v) is 7.84. The van der Waals surface area contributed by atoms with Crippen LogP contribution in [0.5, 0.6) is 5.75 Å². The van der Waals surface area contributed by atoms with E-state index in [1.54, 1.807) is 4.90 Å². The van der Waals surface area contributed by atoms with Crippen molar-refractivity contribution in [1.82, 2.24) is 5.32 Å². The van der Waals surface area contributed by atoms with Crippen LogP contribution in [0.2, 0.25) is 0 Å². The lowest BCUT2D eigenvalue weighted by Crippen LogP contribution is -2.63. The molecule has 1 heterocycles. The van der Waals surface area contributed by atoms with Gasteiger partial charge in [-0.3, -0.25) is 14.5 Å². The number of hydrogen-bond acceptors (Lipinski definition) is 3. The molecule has 158 valence electrons. The molecule has 0 bridgehead atoms. The van der Waals surface area contributed by atoms with Crippen LogP contribution in [0.4, 0.5) is 5.69 Å². The first-order valence-corrected chi connectivity index (χ1v) is 10.5. The monoisotopic (exact) mass is 414 g/mol.